The largest absolute Gasteiger partial charge is 0.477 e. The molecule has 0 unspecified atom stereocenters. The van der Waals surface area contributed by atoms with Crippen molar-refractivity contribution in [2.24, 2.45) is 0 Å². The molecule has 3 rings (SSSR count). The molecule has 2 N–H and O–H groups in total. The summed E-state index contributed by atoms with van der Waals surface area (Å²) >= 11 is 0. The Labute approximate surface area is 101 Å². The number of para-hydroxylation sites is 1. The SMILES string of the molecule is O=C(O)c1ccc2ccccc2n1.c1nn[nH]n1. The molecular formula is C11H9N5O2. The number of aromatic carboxylic acids is 1. The molecule has 0 saturated heterocycles. The van der Waals surface area contributed by atoms with Gasteiger partial charge in [-0.3, -0.25) is 0 Å². The number of pyridine rings is 1. The number of nitrogens with zero attached hydrogens (tertiary/aromatic N) is 4. The Bertz CT molecular complexity index is 622. The van der Waals surface area contributed by atoms with E-state index in [4.69, 9.17) is 5.11 Å². The van der Waals surface area contributed by atoms with E-state index >= 15 is 0 Å². The maximum absolute atomic E-state index is 10.6. The molecule has 0 bridgehead atoms. The van der Waals surface area contributed by atoms with Crippen LogP contribution in [0.1, 0.15) is 10.5 Å². The van der Waals surface area contributed by atoms with Crippen molar-refractivity contribution in [1.82, 2.24) is 25.6 Å². The highest BCUT2D eigenvalue weighted by Gasteiger charge is 2.03. The molecule has 2 aromatic heterocycles. The van der Waals surface area contributed by atoms with Crippen LogP contribution in [0.25, 0.3) is 10.9 Å². The second-order valence-electron chi connectivity index (χ2n) is 3.25. The zero-order valence-corrected chi connectivity index (χ0v) is 9.19. The van der Waals surface area contributed by atoms with Crippen LogP contribution in [0.4, 0.5) is 0 Å². The van der Waals surface area contributed by atoms with Crippen molar-refractivity contribution in [3.8, 4) is 0 Å². The molecule has 0 saturated carbocycles. The molecule has 3 aromatic rings. The zero-order chi connectivity index (χ0) is 12.8. The van der Waals surface area contributed by atoms with Crippen molar-refractivity contribution in [3.05, 3.63) is 48.4 Å². The van der Waals surface area contributed by atoms with Crippen molar-refractivity contribution >= 4 is 16.9 Å². The number of aromatic nitrogens is 5. The molecule has 0 aliphatic carbocycles. The first-order chi connectivity index (χ1) is 8.77. The fraction of sp³-hybridized carbons (Fsp3) is 0. The molecular weight excluding hydrogens is 234 g/mol. The first-order valence-corrected chi connectivity index (χ1v) is 5.03. The van der Waals surface area contributed by atoms with Crippen molar-refractivity contribution in [3.63, 3.8) is 0 Å². The molecule has 0 spiro atoms. The van der Waals surface area contributed by atoms with Crippen LogP contribution in [-0.2, 0) is 0 Å². The second kappa shape index (κ2) is 5.48. The van der Waals surface area contributed by atoms with Gasteiger partial charge in [0.25, 0.3) is 0 Å². The summed E-state index contributed by atoms with van der Waals surface area (Å²) < 4.78 is 0. The third-order valence-electron chi connectivity index (χ3n) is 2.09. The van der Waals surface area contributed by atoms with E-state index in [2.05, 4.69) is 25.6 Å². The fourth-order valence-electron chi connectivity index (χ4n) is 1.31. The molecule has 0 aliphatic heterocycles. The molecule has 18 heavy (non-hydrogen) atoms. The lowest BCUT2D eigenvalue weighted by atomic mass is 10.2. The summed E-state index contributed by atoms with van der Waals surface area (Å²) in [6, 6.07) is 10.7. The van der Waals surface area contributed by atoms with E-state index in [1.807, 2.05) is 18.2 Å². The number of tetrazole rings is 1. The lowest BCUT2D eigenvalue weighted by Crippen LogP contribution is -1.99. The number of fused-ring (bicyclic) bond motifs is 1. The van der Waals surface area contributed by atoms with E-state index in [9.17, 15) is 4.79 Å². The summed E-state index contributed by atoms with van der Waals surface area (Å²) in [5.74, 6) is -0.995. The summed E-state index contributed by atoms with van der Waals surface area (Å²) in [5, 5.41) is 21.8. The Morgan fingerprint density at radius 2 is 2.00 bits per heavy atom. The van der Waals surface area contributed by atoms with Crippen molar-refractivity contribution in [2.75, 3.05) is 0 Å². The predicted molar refractivity (Wildman–Crippen MR) is 62.9 cm³/mol. The van der Waals surface area contributed by atoms with Crippen molar-refractivity contribution in [1.29, 1.82) is 0 Å². The van der Waals surface area contributed by atoms with Crippen LogP contribution < -0.4 is 0 Å². The van der Waals surface area contributed by atoms with Gasteiger partial charge in [-0.05, 0) is 12.1 Å². The normalized spacial score (nSPS) is 9.56. The van der Waals surface area contributed by atoms with Crippen molar-refractivity contribution < 1.29 is 9.90 Å². The van der Waals surface area contributed by atoms with E-state index in [-0.39, 0.29) is 5.69 Å². The van der Waals surface area contributed by atoms with Crippen molar-refractivity contribution in [2.45, 2.75) is 0 Å². The molecule has 7 nitrogen and oxygen atoms in total. The van der Waals surface area contributed by atoms with Crippen LogP contribution in [0.15, 0.2) is 42.7 Å². The first kappa shape index (κ1) is 11.6. The number of rotatable bonds is 1. The average Bonchev–Trinajstić information content (AvgIpc) is 2.97. The molecule has 90 valence electrons. The van der Waals surface area contributed by atoms with Crippen LogP contribution in [0, 0.1) is 0 Å². The van der Waals surface area contributed by atoms with Gasteiger partial charge in [0.05, 0.1) is 5.52 Å². The molecule has 0 atom stereocenters. The van der Waals surface area contributed by atoms with Gasteiger partial charge in [-0.1, -0.05) is 29.5 Å². The summed E-state index contributed by atoms with van der Waals surface area (Å²) in [7, 11) is 0. The molecule has 1 aromatic carbocycles. The third-order valence-corrected chi connectivity index (χ3v) is 2.09. The van der Waals surface area contributed by atoms with E-state index in [0.29, 0.717) is 5.52 Å². The number of carboxylic acids is 1. The van der Waals surface area contributed by atoms with Crippen LogP contribution in [0.2, 0.25) is 0 Å². The summed E-state index contributed by atoms with van der Waals surface area (Å²) in [5.41, 5.74) is 0.793. The number of H-pyrrole nitrogens is 1. The maximum atomic E-state index is 10.6. The minimum Gasteiger partial charge on any atom is -0.477 e. The highest BCUT2D eigenvalue weighted by atomic mass is 16.4. The van der Waals surface area contributed by atoms with Gasteiger partial charge in [0.1, 0.15) is 5.69 Å². The van der Waals surface area contributed by atoms with E-state index in [1.54, 1.807) is 12.1 Å². The quantitative estimate of drug-likeness (QED) is 0.663. The van der Waals surface area contributed by atoms with Gasteiger partial charge in [-0.25, -0.2) is 9.78 Å². The van der Waals surface area contributed by atoms with E-state index < -0.39 is 5.97 Å². The molecule has 7 heteroatoms. The van der Waals surface area contributed by atoms with E-state index in [1.165, 1.54) is 12.4 Å². The Balaban J connectivity index is 0.000000202. The number of carboxylic acid groups (broad SMARTS) is 1. The Morgan fingerprint density at radius 1 is 1.17 bits per heavy atom. The third kappa shape index (κ3) is 2.85. The number of carbonyl (C=O) groups is 1. The number of hydrogen-bond donors (Lipinski definition) is 2. The molecule has 0 radical (unpaired) electrons. The minimum absolute atomic E-state index is 0.0821. The number of benzene rings is 1. The van der Waals surface area contributed by atoms with Crippen LogP contribution in [-0.4, -0.2) is 36.7 Å². The van der Waals surface area contributed by atoms with Crippen LogP contribution >= 0.6 is 0 Å². The van der Waals surface area contributed by atoms with E-state index in [0.717, 1.165) is 5.39 Å². The summed E-state index contributed by atoms with van der Waals surface area (Å²) in [6.07, 6.45) is 1.33. The monoisotopic (exact) mass is 243 g/mol. The van der Waals surface area contributed by atoms with Crippen LogP contribution in [0.3, 0.4) is 0 Å². The topological polar surface area (TPSA) is 105 Å². The predicted octanol–water partition coefficient (Wildman–Crippen LogP) is 1.13. The maximum Gasteiger partial charge on any atom is 0.354 e. The summed E-state index contributed by atoms with van der Waals surface area (Å²) in [6.45, 7) is 0. The average molecular weight is 243 g/mol. The Kier molecular flexibility index (Phi) is 3.55. The molecule has 0 fully saturated rings. The van der Waals surface area contributed by atoms with Gasteiger partial charge in [0.2, 0.25) is 0 Å². The number of aromatic amines is 1. The number of hydrogen-bond acceptors (Lipinski definition) is 5. The Morgan fingerprint density at radius 3 is 2.61 bits per heavy atom. The highest BCUT2D eigenvalue weighted by Crippen LogP contribution is 2.11. The van der Waals surface area contributed by atoms with Gasteiger partial charge in [0.15, 0.2) is 6.33 Å². The smallest absolute Gasteiger partial charge is 0.354 e. The second-order valence-corrected chi connectivity index (χ2v) is 3.25. The van der Waals surface area contributed by atoms with Crippen LogP contribution in [0.5, 0.6) is 0 Å². The summed E-state index contributed by atoms with van der Waals surface area (Å²) in [4.78, 5) is 14.6. The zero-order valence-electron chi connectivity index (χ0n) is 9.19. The molecule has 2 heterocycles. The minimum atomic E-state index is -0.995. The van der Waals surface area contributed by atoms with Gasteiger partial charge >= 0.3 is 5.97 Å². The molecule has 0 amide bonds. The van der Waals surface area contributed by atoms with Gasteiger partial charge in [-0.2, -0.15) is 5.21 Å². The lowest BCUT2D eigenvalue weighted by molar-refractivity contribution is 0.0691. The van der Waals surface area contributed by atoms with Gasteiger partial charge in [-0.15, -0.1) is 10.2 Å². The lowest BCUT2D eigenvalue weighted by Gasteiger charge is -1.97. The Hall–Kier alpha value is -2.83. The molecule has 0 aliphatic rings. The fourth-order valence-corrected chi connectivity index (χ4v) is 1.31. The highest BCUT2D eigenvalue weighted by molar-refractivity contribution is 5.89. The standard InChI is InChI=1S/C10H7NO2.CH2N4/c12-10(13)9-6-5-7-3-1-2-4-8(7)11-9;1-2-4-5-3-1/h1-6H,(H,12,13);1H,(H,2,3,4,5). The number of nitrogens with one attached hydrogen (secondary N) is 1. The van der Waals surface area contributed by atoms with Gasteiger partial charge < -0.3 is 5.11 Å². The van der Waals surface area contributed by atoms with Gasteiger partial charge in [0, 0.05) is 5.39 Å². The first-order valence-electron chi connectivity index (χ1n) is 5.03.